The third-order valence-electron chi connectivity index (χ3n) is 3.96. The highest BCUT2D eigenvalue weighted by atomic mass is 19.1. The van der Waals surface area contributed by atoms with Gasteiger partial charge in [-0.2, -0.15) is 0 Å². The van der Waals surface area contributed by atoms with Gasteiger partial charge in [-0.05, 0) is 42.0 Å². The predicted molar refractivity (Wildman–Crippen MR) is 97.9 cm³/mol. The number of halogens is 1. The average Bonchev–Trinajstić information content (AvgIpc) is 2.69. The topological polar surface area (TPSA) is 73.9 Å². The normalized spacial score (nSPS) is 10.2. The van der Waals surface area contributed by atoms with Gasteiger partial charge in [0.05, 0.1) is 21.3 Å². The third-order valence-corrected chi connectivity index (χ3v) is 3.96. The highest BCUT2D eigenvalue weighted by Gasteiger charge is 2.14. The molecule has 2 rings (SSSR count). The number of benzene rings is 2. The van der Waals surface area contributed by atoms with Crippen molar-refractivity contribution in [2.45, 2.75) is 19.4 Å². The van der Waals surface area contributed by atoms with Gasteiger partial charge in [-0.3, -0.25) is 9.59 Å². The lowest BCUT2D eigenvalue weighted by molar-refractivity contribution is -0.121. The molecule has 1 amide bonds. The molecular weight excluding hydrogens is 353 g/mol. The van der Waals surface area contributed by atoms with E-state index in [1.54, 1.807) is 12.1 Å². The van der Waals surface area contributed by atoms with Crippen LogP contribution in [0.3, 0.4) is 0 Å². The Morgan fingerprint density at radius 1 is 0.926 bits per heavy atom. The molecule has 2 aromatic carbocycles. The summed E-state index contributed by atoms with van der Waals surface area (Å²) in [6.07, 6.45) is 0.0906. The van der Waals surface area contributed by atoms with Gasteiger partial charge in [0.1, 0.15) is 5.82 Å². The maximum absolute atomic E-state index is 12.9. The fraction of sp³-hybridized carbons (Fsp3) is 0.300. The van der Waals surface area contributed by atoms with Crippen LogP contribution in [0.25, 0.3) is 0 Å². The summed E-state index contributed by atoms with van der Waals surface area (Å²) in [6.45, 7) is 0.250. The molecule has 0 aliphatic rings. The van der Waals surface area contributed by atoms with Crippen molar-refractivity contribution in [2.75, 3.05) is 21.3 Å². The first kappa shape index (κ1) is 20.2. The lowest BCUT2D eigenvalue weighted by atomic mass is 10.1. The minimum absolute atomic E-state index is 0.0423. The SMILES string of the molecule is COc1cc(CNC(=O)CCC(=O)c2ccc(F)cc2)cc(OC)c1OC. The monoisotopic (exact) mass is 375 g/mol. The van der Waals surface area contributed by atoms with Crippen molar-refractivity contribution in [3.8, 4) is 17.2 Å². The molecule has 7 heteroatoms. The van der Waals surface area contributed by atoms with E-state index in [0.717, 1.165) is 5.56 Å². The zero-order valence-corrected chi connectivity index (χ0v) is 15.5. The summed E-state index contributed by atoms with van der Waals surface area (Å²) in [5, 5.41) is 2.75. The van der Waals surface area contributed by atoms with Gasteiger partial charge in [-0.1, -0.05) is 0 Å². The molecule has 27 heavy (non-hydrogen) atoms. The Balaban J connectivity index is 1.91. The van der Waals surface area contributed by atoms with Gasteiger partial charge in [-0.25, -0.2) is 4.39 Å². The lowest BCUT2D eigenvalue weighted by Crippen LogP contribution is -2.23. The third kappa shape index (κ3) is 5.44. The molecule has 0 bridgehead atoms. The first-order valence-electron chi connectivity index (χ1n) is 8.32. The molecule has 0 spiro atoms. The number of amides is 1. The lowest BCUT2D eigenvalue weighted by Gasteiger charge is -2.14. The van der Waals surface area contributed by atoms with Crippen LogP contribution in [0.15, 0.2) is 36.4 Å². The maximum atomic E-state index is 12.9. The van der Waals surface area contributed by atoms with E-state index in [-0.39, 0.29) is 31.1 Å². The van der Waals surface area contributed by atoms with Crippen LogP contribution in [-0.4, -0.2) is 33.0 Å². The largest absolute Gasteiger partial charge is 0.493 e. The van der Waals surface area contributed by atoms with Crippen molar-refractivity contribution in [1.29, 1.82) is 0 Å². The van der Waals surface area contributed by atoms with Crippen molar-refractivity contribution in [1.82, 2.24) is 5.32 Å². The number of nitrogens with one attached hydrogen (secondary N) is 1. The second-order valence-electron chi connectivity index (χ2n) is 5.74. The van der Waals surface area contributed by atoms with E-state index < -0.39 is 5.82 Å². The van der Waals surface area contributed by atoms with Crippen LogP contribution in [0.2, 0.25) is 0 Å². The summed E-state index contributed by atoms with van der Waals surface area (Å²) in [7, 11) is 4.54. The first-order valence-corrected chi connectivity index (χ1v) is 8.32. The van der Waals surface area contributed by atoms with E-state index in [4.69, 9.17) is 14.2 Å². The molecule has 0 aromatic heterocycles. The second-order valence-corrected chi connectivity index (χ2v) is 5.74. The van der Waals surface area contributed by atoms with E-state index >= 15 is 0 Å². The van der Waals surface area contributed by atoms with Crippen LogP contribution in [0.5, 0.6) is 17.2 Å². The highest BCUT2D eigenvalue weighted by Crippen LogP contribution is 2.38. The molecule has 6 nitrogen and oxygen atoms in total. The van der Waals surface area contributed by atoms with E-state index in [1.165, 1.54) is 45.6 Å². The van der Waals surface area contributed by atoms with Crippen LogP contribution in [0.1, 0.15) is 28.8 Å². The summed E-state index contributed by atoms with van der Waals surface area (Å²) in [5.41, 5.74) is 1.15. The number of ketones is 1. The van der Waals surface area contributed by atoms with Crippen LogP contribution in [-0.2, 0) is 11.3 Å². The number of carbonyl (C=O) groups excluding carboxylic acids is 2. The molecule has 0 saturated heterocycles. The maximum Gasteiger partial charge on any atom is 0.220 e. The number of Topliss-reactive ketones (excluding diaryl/α,β-unsaturated/α-hetero) is 1. The molecule has 1 N–H and O–H groups in total. The van der Waals surface area contributed by atoms with Crippen molar-refractivity contribution < 1.29 is 28.2 Å². The molecule has 0 fully saturated rings. The van der Waals surface area contributed by atoms with Crippen LogP contribution >= 0.6 is 0 Å². The summed E-state index contributed by atoms with van der Waals surface area (Å²) in [6, 6.07) is 8.74. The number of rotatable bonds is 9. The van der Waals surface area contributed by atoms with Crippen molar-refractivity contribution in [3.63, 3.8) is 0 Å². The molecule has 0 radical (unpaired) electrons. The molecule has 0 heterocycles. The Labute approximate surface area is 157 Å². The van der Waals surface area contributed by atoms with Gasteiger partial charge < -0.3 is 19.5 Å². The van der Waals surface area contributed by atoms with E-state index in [2.05, 4.69) is 5.32 Å². The number of carbonyl (C=O) groups is 2. The second kappa shape index (κ2) is 9.56. The average molecular weight is 375 g/mol. The van der Waals surface area contributed by atoms with Crippen molar-refractivity contribution >= 4 is 11.7 Å². The van der Waals surface area contributed by atoms with Crippen molar-refractivity contribution in [2.24, 2.45) is 0 Å². The molecule has 2 aromatic rings. The summed E-state index contributed by atoms with van der Waals surface area (Å²) in [5.74, 6) is 0.576. The molecule has 0 aliphatic carbocycles. The summed E-state index contributed by atoms with van der Waals surface area (Å²) < 4.78 is 28.7. The molecule has 0 atom stereocenters. The Kier molecular flexibility index (Phi) is 7.16. The van der Waals surface area contributed by atoms with E-state index in [9.17, 15) is 14.0 Å². The number of hydrogen-bond acceptors (Lipinski definition) is 5. The van der Waals surface area contributed by atoms with E-state index in [0.29, 0.717) is 22.8 Å². The molecule has 0 unspecified atom stereocenters. The summed E-state index contributed by atoms with van der Waals surface area (Å²) in [4.78, 5) is 24.1. The molecular formula is C20H22FNO5. The Bertz CT molecular complexity index is 780. The zero-order chi connectivity index (χ0) is 19.8. The van der Waals surface area contributed by atoms with Crippen LogP contribution in [0.4, 0.5) is 4.39 Å². The number of ether oxygens (including phenoxy) is 3. The Morgan fingerprint density at radius 3 is 2.04 bits per heavy atom. The number of methoxy groups -OCH3 is 3. The minimum atomic E-state index is -0.408. The molecule has 144 valence electrons. The fourth-order valence-electron chi connectivity index (χ4n) is 2.53. The van der Waals surface area contributed by atoms with Gasteiger partial charge in [0.25, 0.3) is 0 Å². The summed E-state index contributed by atoms with van der Waals surface area (Å²) >= 11 is 0. The Hall–Kier alpha value is -3.09. The van der Waals surface area contributed by atoms with Gasteiger partial charge in [0, 0.05) is 24.9 Å². The van der Waals surface area contributed by atoms with Gasteiger partial charge in [-0.15, -0.1) is 0 Å². The standard InChI is InChI=1S/C20H22FNO5/c1-25-17-10-13(11-18(26-2)20(17)27-3)12-22-19(24)9-8-16(23)14-4-6-15(21)7-5-14/h4-7,10-11H,8-9,12H2,1-3H3,(H,22,24). The van der Waals surface area contributed by atoms with E-state index in [1.807, 2.05) is 0 Å². The fourth-order valence-corrected chi connectivity index (χ4v) is 2.53. The minimum Gasteiger partial charge on any atom is -0.493 e. The molecule has 0 aliphatic heterocycles. The highest BCUT2D eigenvalue weighted by molar-refractivity contribution is 5.97. The first-order chi connectivity index (χ1) is 13.0. The Morgan fingerprint density at radius 2 is 1.52 bits per heavy atom. The van der Waals surface area contributed by atoms with Gasteiger partial charge in [0.2, 0.25) is 11.7 Å². The predicted octanol–water partition coefficient (Wildman–Crippen LogP) is 3.13. The molecule has 0 saturated carbocycles. The smallest absolute Gasteiger partial charge is 0.220 e. The van der Waals surface area contributed by atoms with Gasteiger partial charge in [0.15, 0.2) is 17.3 Å². The van der Waals surface area contributed by atoms with Crippen LogP contribution < -0.4 is 19.5 Å². The quantitative estimate of drug-likeness (QED) is 0.682. The van der Waals surface area contributed by atoms with Crippen LogP contribution in [0, 0.1) is 5.82 Å². The van der Waals surface area contributed by atoms with Gasteiger partial charge >= 0.3 is 0 Å². The zero-order valence-electron chi connectivity index (χ0n) is 15.5. The van der Waals surface area contributed by atoms with Crippen molar-refractivity contribution in [3.05, 3.63) is 53.3 Å². The number of hydrogen-bond donors (Lipinski definition) is 1.